The van der Waals surface area contributed by atoms with Crippen molar-refractivity contribution in [2.45, 2.75) is 176 Å². The number of hydrogen-bond donors (Lipinski definition) is 0. The van der Waals surface area contributed by atoms with Gasteiger partial charge in [-0.2, -0.15) is 0 Å². The minimum Gasteiger partial charge on any atom is -0.356 e. The van der Waals surface area contributed by atoms with Crippen LogP contribution in [-0.2, 0) is 13.3 Å². The van der Waals surface area contributed by atoms with Gasteiger partial charge < -0.3 is 13.3 Å². The topological polar surface area (TPSA) is 37.4 Å². The maximum absolute atomic E-state index is 7.29. The Morgan fingerprint density at radius 1 is 0.463 bits per heavy atom. The summed E-state index contributed by atoms with van der Waals surface area (Å²) in [6.07, 6.45) is 14.3. The monoisotopic (exact) mass is 622 g/mol. The van der Waals surface area contributed by atoms with Crippen molar-refractivity contribution < 1.29 is 13.3 Å². The molecule has 6 nitrogen and oxygen atoms in total. The Labute approximate surface area is 263 Å². The lowest BCUT2D eigenvalue weighted by molar-refractivity contribution is -0.108. The van der Waals surface area contributed by atoms with Gasteiger partial charge in [0.05, 0.1) is 0 Å². The van der Waals surface area contributed by atoms with E-state index in [1.165, 1.54) is 38.5 Å². The first kappa shape index (κ1) is 41.3. The maximum Gasteiger partial charge on any atom is 0.523 e. The molecule has 0 bridgehead atoms. The summed E-state index contributed by atoms with van der Waals surface area (Å²) in [5.41, 5.74) is 0. The lowest BCUT2D eigenvalue weighted by Crippen LogP contribution is -2.63. The lowest BCUT2D eigenvalue weighted by Gasteiger charge is -2.44. The highest BCUT2D eigenvalue weighted by Gasteiger charge is 2.53. The van der Waals surface area contributed by atoms with E-state index in [0.29, 0.717) is 0 Å². The molecular weight excluding hydrogens is 550 g/mol. The van der Waals surface area contributed by atoms with Crippen LogP contribution >= 0.6 is 11.6 Å². The fourth-order valence-corrected chi connectivity index (χ4v) is 8.53. The van der Waals surface area contributed by atoms with Crippen LogP contribution in [0.15, 0.2) is 0 Å². The molecular formula is C33H72ClN3O3Si. The van der Waals surface area contributed by atoms with E-state index in [9.17, 15) is 0 Å². The summed E-state index contributed by atoms with van der Waals surface area (Å²) in [4.78, 5) is 7.44. The smallest absolute Gasteiger partial charge is 0.356 e. The molecule has 0 spiro atoms. The molecule has 0 aromatic carbocycles. The zero-order valence-corrected chi connectivity index (χ0v) is 30.9. The van der Waals surface area contributed by atoms with Crippen LogP contribution in [0.3, 0.4) is 0 Å². The molecule has 0 aliphatic carbocycles. The zero-order valence-electron chi connectivity index (χ0n) is 29.2. The Morgan fingerprint density at radius 3 is 0.854 bits per heavy atom. The quantitative estimate of drug-likeness (QED) is 0.0471. The number of hydrogen-bond acceptors (Lipinski definition) is 6. The second kappa shape index (κ2) is 25.6. The number of nitrogens with zero attached hydrogens (tertiary/aromatic N) is 3. The van der Waals surface area contributed by atoms with E-state index in [1.807, 2.05) is 0 Å². The third-order valence-corrected chi connectivity index (χ3v) is 12.4. The van der Waals surface area contributed by atoms with Crippen molar-refractivity contribution in [3.05, 3.63) is 0 Å². The van der Waals surface area contributed by atoms with Gasteiger partial charge >= 0.3 is 8.80 Å². The molecule has 4 atom stereocenters. The van der Waals surface area contributed by atoms with Crippen molar-refractivity contribution >= 4 is 20.4 Å². The number of alkyl halides is 1. The van der Waals surface area contributed by atoms with Crippen LogP contribution < -0.4 is 0 Å². The molecule has 8 heteroatoms. The zero-order chi connectivity index (χ0) is 31.1. The summed E-state index contributed by atoms with van der Waals surface area (Å²) in [6.45, 7) is 28.3. The molecule has 0 N–H and O–H groups in total. The normalized spacial score (nSPS) is 16.8. The number of rotatable bonds is 29. The third-order valence-electron chi connectivity index (χ3n) is 8.08. The molecule has 0 saturated carbocycles. The predicted molar refractivity (Wildman–Crippen MR) is 181 cm³/mol. The van der Waals surface area contributed by atoms with E-state index in [0.717, 1.165) is 84.2 Å². The summed E-state index contributed by atoms with van der Waals surface area (Å²) < 4.78 is 21.4. The van der Waals surface area contributed by atoms with Crippen LogP contribution in [0.5, 0.6) is 0 Å². The van der Waals surface area contributed by atoms with Gasteiger partial charge in [0.1, 0.15) is 23.7 Å². The Hall–Kier alpha value is 0.267. The molecule has 0 aliphatic rings. The third kappa shape index (κ3) is 16.8. The summed E-state index contributed by atoms with van der Waals surface area (Å²) in [5, 5.41) is -0.313. The molecule has 0 aromatic heterocycles. The Balaban J connectivity index is 6.47. The molecule has 0 radical (unpaired) electrons. The molecule has 0 aliphatic heterocycles. The van der Waals surface area contributed by atoms with E-state index in [1.54, 1.807) is 0 Å². The van der Waals surface area contributed by atoms with Gasteiger partial charge in [0, 0.05) is 39.3 Å². The molecule has 0 amide bonds. The van der Waals surface area contributed by atoms with Crippen molar-refractivity contribution in [2.75, 3.05) is 39.3 Å². The Bertz CT molecular complexity index is 499. The predicted octanol–water partition coefficient (Wildman–Crippen LogP) is 9.28. The first-order chi connectivity index (χ1) is 19.7. The van der Waals surface area contributed by atoms with Crippen molar-refractivity contribution in [1.29, 1.82) is 0 Å². The van der Waals surface area contributed by atoms with Crippen LogP contribution in [0.25, 0.3) is 0 Å². The molecule has 0 aromatic rings. The van der Waals surface area contributed by atoms with Gasteiger partial charge in [-0.05, 0) is 65.7 Å². The SMILES string of the molecule is CCCCN(CCCC)C(C)O[Si](OC(C)N(CCCC)CCCC)(OC(C)N(CCCC)CCCC)C(Cl)CC. The van der Waals surface area contributed by atoms with Gasteiger partial charge in [0.2, 0.25) is 0 Å². The van der Waals surface area contributed by atoms with Crippen molar-refractivity contribution in [3.8, 4) is 0 Å². The first-order valence-corrected chi connectivity index (χ1v) is 19.8. The van der Waals surface area contributed by atoms with Crippen molar-refractivity contribution in [3.63, 3.8) is 0 Å². The van der Waals surface area contributed by atoms with E-state index in [-0.39, 0.29) is 23.7 Å². The molecule has 248 valence electrons. The summed E-state index contributed by atoms with van der Waals surface area (Å²) in [5.74, 6) is 0. The van der Waals surface area contributed by atoms with E-state index >= 15 is 0 Å². The first-order valence-electron chi connectivity index (χ1n) is 17.6. The van der Waals surface area contributed by atoms with Crippen molar-refractivity contribution in [1.82, 2.24) is 14.7 Å². The van der Waals surface area contributed by atoms with Crippen LogP contribution in [0.4, 0.5) is 0 Å². The van der Waals surface area contributed by atoms with E-state index in [4.69, 9.17) is 24.9 Å². The molecule has 4 unspecified atom stereocenters. The van der Waals surface area contributed by atoms with Gasteiger partial charge in [-0.1, -0.05) is 87.0 Å². The Morgan fingerprint density at radius 2 is 0.683 bits per heavy atom. The number of halogens is 1. The Kier molecular flexibility index (Phi) is 25.7. The van der Waals surface area contributed by atoms with Crippen LogP contribution in [0.2, 0.25) is 0 Å². The van der Waals surface area contributed by atoms with Gasteiger partial charge in [0.15, 0.2) is 0 Å². The minimum absolute atomic E-state index is 0.119. The molecule has 0 rings (SSSR count). The van der Waals surface area contributed by atoms with Gasteiger partial charge in [-0.3, -0.25) is 14.7 Å². The van der Waals surface area contributed by atoms with Gasteiger partial charge in [-0.25, -0.2) is 0 Å². The number of unbranched alkanes of at least 4 members (excludes halogenated alkanes) is 6. The molecule has 0 heterocycles. The second-order valence-corrected chi connectivity index (χ2v) is 15.4. The minimum atomic E-state index is -3.37. The maximum atomic E-state index is 7.29. The average Bonchev–Trinajstić information content (AvgIpc) is 2.96. The summed E-state index contributed by atoms with van der Waals surface area (Å²) in [7, 11) is -3.37. The average molecular weight is 622 g/mol. The van der Waals surface area contributed by atoms with Crippen LogP contribution in [0, 0.1) is 0 Å². The fraction of sp³-hybridized carbons (Fsp3) is 1.00. The second-order valence-electron chi connectivity index (χ2n) is 11.9. The highest BCUT2D eigenvalue weighted by Crippen LogP contribution is 2.30. The molecule has 41 heavy (non-hydrogen) atoms. The summed E-state index contributed by atoms with van der Waals surface area (Å²) >= 11 is 7.29. The van der Waals surface area contributed by atoms with E-state index in [2.05, 4.69) is 83.9 Å². The largest absolute Gasteiger partial charge is 0.523 e. The highest BCUT2D eigenvalue weighted by molar-refractivity contribution is 6.71. The fourth-order valence-electron chi connectivity index (χ4n) is 5.09. The standard InChI is InChI=1S/C33H72ClN3O3Si/c1-11-18-24-35(25-19-12-2)30(8)38-41(33(34)17-7,39-31(9)36(26-20-13-3)27-21-14-4)40-32(10)37(28-22-15-5)29-23-16-6/h30-33H,11-29H2,1-10H3. The highest BCUT2D eigenvalue weighted by atomic mass is 35.5. The molecule has 0 saturated heterocycles. The summed E-state index contributed by atoms with van der Waals surface area (Å²) in [6, 6.07) is 0. The lowest BCUT2D eigenvalue weighted by atomic mass is 10.2. The van der Waals surface area contributed by atoms with Crippen LogP contribution in [-0.4, -0.2) is 86.5 Å². The van der Waals surface area contributed by atoms with Gasteiger partial charge in [-0.15, -0.1) is 11.6 Å². The van der Waals surface area contributed by atoms with E-state index < -0.39 is 8.80 Å². The van der Waals surface area contributed by atoms with Crippen molar-refractivity contribution in [2.24, 2.45) is 0 Å². The molecule has 0 fully saturated rings. The van der Waals surface area contributed by atoms with Crippen LogP contribution in [0.1, 0.15) is 153 Å². The van der Waals surface area contributed by atoms with Gasteiger partial charge in [0.25, 0.3) is 0 Å².